The molecule has 0 aromatic carbocycles. The lowest BCUT2D eigenvalue weighted by Crippen LogP contribution is -2.42. The summed E-state index contributed by atoms with van der Waals surface area (Å²) in [6.45, 7) is -1.46. The summed E-state index contributed by atoms with van der Waals surface area (Å²) in [6.07, 6.45) is 0.262. The first-order chi connectivity index (χ1) is 11.8. The van der Waals surface area contributed by atoms with Crippen LogP contribution in [0.5, 0.6) is 5.88 Å². The third-order valence-corrected chi connectivity index (χ3v) is 4.03. The number of hydrogen-bond donors (Lipinski definition) is 2. The zero-order valence-corrected chi connectivity index (χ0v) is 13.4. The van der Waals surface area contributed by atoms with Gasteiger partial charge in [-0.15, -0.1) is 0 Å². The first-order valence-corrected chi connectivity index (χ1v) is 7.95. The Morgan fingerprint density at radius 3 is 2.56 bits per heavy atom. The molecule has 1 aliphatic rings. The van der Waals surface area contributed by atoms with Gasteiger partial charge in [-0.1, -0.05) is 19.3 Å². The number of rotatable bonds is 5. The molecule has 2 rings (SSSR count). The van der Waals surface area contributed by atoms with Crippen LogP contribution in [0.1, 0.15) is 42.5 Å². The van der Waals surface area contributed by atoms with Crippen LogP contribution < -0.4 is 10.1 Å². The SMILES string of the molecule is O=C(N[C@H]1CCCCC[C@H]1C(=O)O)c1ccc(OCC(F)(F)F)nc1. The molecule has 0 aliphatic heterocycles. The van der Waals surface area contributed by atoms with E-state index in [1.54, 1.807) is 0 Å². The van der Waals surface area contributed by atoms with Gasteiger partial charge in [0.15, 0.2) is 6.61 Å². The highest BCUT2D eigenvalue weighted by Crippen LogP contribution is 2.24. The number of nitrogens with zero attached hydrogens (tertiary/aromatic N) is 1. The first kappa shape index (κ1) is 19.0. The van der Waals surface area contributed by atoms with Gasteiger partial charge < -0.3 is 15.2 Å². The van der Waals surface area contributed by atoms with Gasteiger partial charge in [-0.05, 0) is 18.9 Å². The number of carboxylic acids is 1. The number of amides is 1. The molecular formula is C16H19F3N2O4. The highest BCUT2D eigenvalue weighted by molar-refractivity contribution is 5.94. The average Bonchev–Trinajstić information content (AvgIpc) is 2.78. The van der Waals surface area contributed by atoms with E-state index in [9.17, 15) is 27.9 Å². The summed E-state index contributed by atoms with van der Waals surface area (Å²) in [4.78, 5) is 27.3. The number of carboxylic acid groups (broad SMARTS) is 1. The van der Waals surface area contributed by atoms with E-state index in [4.69, 9.17) is 0 Å². The smallest absolute Gasteiger partial charge is 0.422 e. The average molecular weight is 360 g/mol. The van der Waals surface area contributed by atoms with Crippen molar-refractivity contribution < 1.29 is 32.6 Å². The normalized spacial score (nSPS) is 21.2. The van der Waals surface area contributed by atoms with Crippen LogP contribution >= 0.6 is 0 Å². The van der Waals surface area contributed by atoms with Crippen LogP contribution in [0.3, 0.4) is 0 Å². The highest BCUT2D eigenvalue weighted by Gasteiger charge is 2.31. The Hall–Kier alpha value is -2.32. The minimum Gasteiger partial charge on any atom is -0.481 e. The Labute approximate surface area is 142 Å². The maximum atomic E-state index is 12.3. The van der Waals surface area contributed by atoms with E-state index < -0.39 is 36.6 Å². The molecule has 1 heterocycles. The van der Waals surface area contributed by atoms with Gasteiger partial charge in [0.1, 0.15) is 0 Å². The van der Waals surface area contributed by atoms with E-state index in [0.29, 0.717) is 12.8 Å². The topological polar surface area (TPSA) is 88.5 Å². The Kier molecular flexibility index (Phi) is 6.22. The number of alkyl halides is 3. The Bertz CT molecular complexity index is 604. The standard InChI is InChI=1S/C16H19F3N2O4/c17-16(18,19)9-25-13-7-6-10(8-20-13)14(22)21-12-5-3-1-2-4-11(12)15(23)24/h6-8,11-12H,1-5,9H2,(H,21,22)(H,23,24)/t11-,12+/m1/s1. The molecule has 0 spiro atoms. The molecule has 0 bridgehead atoms. The summed E-state index contributed by atoms with van der Waals surface area (Å²) < 4.78 is 40.7. The van der Waals surface area contributed by atoms with Gasteiger partial charge in [0.2, 0.25) is 5.88 Å². The van der Waals surface area contributed by atoms with Gasteiger partial charge >= 0.3 is 12.1 Å². The second-order valence-corrected chi connectivity index (χ2v) is 5.95. The van der Waals surface area contributed by atoms with E-state index >= 15 is 0 Å². The van der Waals surface area contributed by atoms with Crippen molar-refractivity contribution in [1.82, 2.24) is 10.3 Å². The van der Waals surface area contributed by atoms with Crippen LogP contribution in [0.4, 0.5) is 13.2 Å². The van der Waals surface area contributed by atoms with Crippen molar-refractivity contribution in [1.29, 1.82) is 0 Å². The number of aromatic nitrogens is 1. The van der Waals surface area contributed by atoms with Crippen LogP contribution in [0, 0.1) is 5.92 Å². The van der Waals surface area contributed by atoms with Gasteiger partial charge in [-0.25, -0.2) is 4.98 Å². The molecule has 1 aromatic heterocycles. The Morgan fingerprint density at radius 1 is 1.24 bits per heavy atom. The molecule has 2 N–H and O–H groups in total. The van der Waals surface area contributed by atoms with Crippen molar-refractivity contribution >= 4 is 11.9 Å². The molecule has 138 valence electrons. The molecule has 1 saturated carbocycles. The number of pyridine rings is 1. The van der Waals surface area contributed by atoms with Crippen molar-refractivity contribution in [2.45, 2.75) is 44.3 Å². The molecule has 0 saturated heterocycles. The lowest BCUT2D eigenvalue weighted by atomic mass is 9.94. The maximum Gasteiger partial charge on any atom is 0.422 e. The predicted octanol–water partition coefficient (Wildman–Crippen LogP) is 2.79. The lowest BCUT2D eigenvalue weighted by Gasteiger charge is -2.22. The predicted molar refractivity (Wildman–Crippen MR) is 81.3 cm³/mol. The molecule has 6 nitrogen and oxygen atoms in total. The zero-order valence-electron chi connectivity index (χ0n) is 13.4. The third kappa shape index (κ3) is 5.91. The van der Waals surface area contributed by atoms with Gasteiger partial charge in [-0.3, -0.25) is 9.59 Å². The molecule has 2 atom stereocenters. The van der Waals surface area contributed by atoms with Crippen LogP contribution in [0.15, 0.2) is 18.3 Å². The number of ether oxygens (including phenoxy) is 1. The minimum absolute atomic E-state index is 0.132. The van der Waals surface area contributed by atoms with Crippen LogP contribution in [0.2, 0.25) is 0 Å². The third-order valence-electron chi connectivity index (χ3n) is 4.03. The van der Waals surface area contributed by atoms with E-state index in [1.165, 1.54) is 12.1 Å². The maximum absolute atomic E-state index is 12.3. The fourth-order valence-corrected chi connectivity index (χ4v) is 2.78. The first-order valence-electron chi connectivity index (χ1n) is 7.95. The van der Waals surface area contributed by atoms with Crippen molar-refractivity contribution in [2.24, 2.45) is 5.92 Å². The second kappa shape index (κ2) is 8.17. The molecule has 25 heavy (non-hydrogen) atoms. The summed E-state index contributed by atoms with van der Waals surface area (Å²) in [5, 5.41) is 12.0. The quantitative estimate of drug-likeness (QED) is 0.789. The number of halogens is 3. The number of aliphatic carboxylic acids is 1. The zero-order chi connectivity index (χ0) is 18.4. The fraction of sp³-hybridized carbons (Fsp3) is 0.562. The van der Waals surface area contributed by atoms with Crippen LogP contribution in [0.25, 0.3) is 0 Å². The summed E-state index contributed by atoms with van der Waals surface area (Å²) in [7, 11) is 0. The summed E-state index contributed by atoms with van der Waals surface area (Å²) in [5.74, 6) is -2.34. The second-order valence-electron chi connectivity index (χ2n) is 5.95. The number of hydrogen-bond acceptors (Lipinski definition) is 4. The fourth-order valence-electron chi connectivity index (χ4n) is 2.78. The van der Waals surface area contributed by atoms with Crippen LogP contribution in [-0.2, 0) is 4.79 Å². The minimum atomic E-state index is -4.47. The van der Waals surface area contributed by atoms with Crippen LogP contribution in [-0.4, -0.2) is 40.8 Å². The highest BCUT2D eigenvalue weighted by atomic mass is 19.4. The van der Waals surface area contributed by atoms with Gasteiger partial charge in [0.25, 0.3) is 5.91 Å². The number of carbonyl (C=O) groups excluding carboxylic acids is 1. The van der Waals surface area contributed by atoms with Crippen molar-refractivity contribution in [3.8, 4) is 5.88 Å². The van der Waals surface area contributed by atoms with Crippen molar-refractivity contribution in [3.63, 3.8) is 0 Å². The van der Waals surface area contributed by atoms with E-state index in [2.05, 4.69) is 15.0 Å². The summed E-state index contributed by atoms with van der Waals surface area (Å²) in [6, 6.07) is 1.98. The molecule has 1 aliphatic carbocycles. The Morgan fingerprint density at radius 2 is 1.96 bits per heavy atom. The van der Waals surface area contributed by atoms with Gasteiger partial charge in [-0.2, -0.15) is 13.2 Å². The lowest BCUT2D eigenvalue weighted by molar-refractivity contribution is -0.154. The van der Waals surface area contributed by atoms with E-state index in [0.717, 1.165) is 25.5 Å². The van der Waals surface area contributed by atoms with Gasteiger partial charge in [0.05, 0.1) is 11.5 Å². The molecule has 1 amide bonds. The summed E-state index contributed by atoms with van der Waals surface area (Å²) in [5.41, 5.74) is 0.132. The molecule has 1 aromatic rings. The molecule has 1 fully saturated rings. The molecule has 9 heteroatoms. The Balaban J connectivity index is 1.98. The molecular weight excluding hydrogens is 341 g/mol. The molecule has 0 unspecified atom stereocenters. The summed E-state index contributed by atoms with van der Waals surface area (Å²) >= 11 is 0. The molecule has 0 radical (unpaired) electrons. The monoisotopic (exact) mass is 360 g/mol. The number of nitrogens with one attached hydrogen (secondary N) is 1. The van der Waals surface area contributed by atoms with E-state index in [1.807, 2.05) is 0 Å². The van der Waals surface area contributed by atoms with Gasteiger partial charge in [0, 0.05) is 18.3 Å². The van der Waals surface area contributed by atoms with E-state index in [-0.39, 0.29) is 11.4 Å². The number of carbonyl (C=O) groups is 2. The van der Waals surface area contributed by atoms with Crippen molar-refractivity contribution in [3.05, 3.63) is 23.9 Å². The largest absolute Gasteiger partial charge is 0.481 e. The van der Waals surface area contributed by atoms with Crippen molar-refractivity contribution in [2.75, 3.05) is 6.61 Å².